The summed E-state index contributed by atoms with van der Waals surface area (Å²) in [5, 5.41) is 5.60. The second-order valence-corrected chi connectivity index (χ2v) is 16.7. The number of benzene rings is 2. The van der Waals surface area contributed by atoms with E-state index in [-0.39, 0.29) is 56.4 Å². The van der Waals surface area contributed by atoms with E-state index in [1.54, 1.807) is 46.8 Å². The Morgan fingerprint density at radius 3 is 2.39 bits per heavy atom. The highest BCUT2D eigenvalue weighted by Crippen LogP contribution is 2.48. The molecule has 0 unspecified atom stereocenters. The topological polar surface area (TPSA) is 158 Å². The Morgan fingerprint density at radius 2 is 1.67 bits per heavy atom. The molecule has 1 N–H and O–H groups in total. The van der Waals surface area contributed by atoms with Crippen LogP contribution < -0.4 is 9.46 Å². The van der Waals surface area contributed by atoms with Gasteiger partial charge >= 0.3 is 16.3 Å². The molecule has 3 aliphatic heterocycles. The molecule has 5 heterocycles. The van der Waals surface area contributed by atoms with Crippen LogP contribution in [0.3, 0.4) is 0 Å². The molecule has 1 saturated carbocycles. The quantitative estimate of drug-likeness (QED) is 0.263. The Balaban J connectivity index is 1.23. The molecule has 0 bridgehead atoms. The Hall–Kier alpha value is -5.19. The van der Waals surface area contributed by atoms with Crippen LogP contribution in [-0.2, 0) is 33.3 Å². The molecule has 2 aromatic carbocycles. The Bertz CT molecular complexity index is 2350. The van der Waals surface area contributed by atoms with Gasteiger partial charge in [0.15, 0.2) is 0 Å². The van der Waals surface area contributed by atoms with E-state index in [4.69, 9.17) is 14.2 Å². The fraction of sp³-hybridized carbons (Fsp3) is 0.463. The minimum atomic E-state index is -4.09. The van der Waals surface area contributed by atoms with E-state index in [1.165, 1.54) is 16.3 Å². The van der Waals surface area contributed by atoms with Crippen molar-refractivity contribution in [3.8, 4) is 17.0 Å². The number of rotatable bonds is 8. The summed E-state index contributed by atoms with van der Waals surface area (Å²) in [6, 6.07) is 11.5. The van der Waals surface area contributed by atoms with E-state index in [1.807, 2.05) is 25.2 Å². The number of amides is 3. The summed E-state index contributed by atoms with van der Waals surface area (Å²) in [5.41, 5.74) is 7.09. The number of aromatic nitrogens is 3. The third-order valence-corrected chi connectivity index (χ3v) is 13.1. The summed E-state index contributed by atoms with van der Waals surface area (Å²) in [6.45, 7) is 4.69. The average molecular weight is 800 g/mol. The maximum Gasteiger partial charge on any atom is 0.409 e. The summed E-state index contributed by atoms with van der Waals surface area (Å²) < 4.78 is 50.2. The summed E-state index contributed by atoms with van der Waals surface area (Å²) in [5.74, 6) is 0.0700. The van der Waals surface area contributed by atoms with Crippen LogP contribution in [-0.4, -0.2) is 121 Å². The number of morpholine rings is 1. The maximum absolute atomic E-state index is 14.3. The maximum atomic E-state index is 14.3. The van der Waals surface area contributed by atoms with E-state index < -0.39 is 16.1 Å². The molecule has 4 aliphatic rings. The molecule has 2 saturated heterocycles. The van der Waals surface area contributed by atoms with Gasteiger partial charge in [-0.1, -0.05) is 25.3 Å². The van der Waals surface area contributed by atoms with Gasteiger partial charge in [-0.05, 0) is 78.8 Å². The molecule has 0 radical (unpaired) electrons. The van der Waals surface area contributed by atoms with Gasteiger partial charge in [0.1, 0.15) is 5.75 Å². The van der Waals surface area contributed by atoms with Gasteiger partial charge in [0.05, 0.1) is 56.6 Å². The number of carbonyl (C=O) groups excluding carboxylic acids is 3. The van der Waals surface area contributed by atoms with E-state index in [2.05, 4.69) is 26.5 Å². The van der Waals surface area contributed by atoms with Crippen LogP contribution in [0.25, 0.3) is 33.8 Å². The molecule has 15 nitrogen and oxygen atoms in total. The molecular formula is C41H49N7O8S. The zero-order chi connectivity index (χ0) is 39.8. The number of piperazine rings is 1. The van der Waals surface area contributed by atoms with Crippen LogP contribution in [0.1, 0.15) is 82.5 Å². The zero-order valence-corrected chi connectivity index (χ0v) is 33.5. The minimum Gasteiger partial charge on any atom is -0.497 e. The van der Waals surface area contributed by atoms with Crippen molar-refractivity contribution >= 4 is 50.7 Å². The van der Waals surface area contributed by atoms with Crippen LogP contribution in [0.2, 0.25) is 0 Å². The molecule has 3 fully saturated rings. The molecule has 4 aromatic rings. The normalized spacial score (nSPS) is 18.1. The van der Waals surface area contributed by atoms with E-state index in [0.717, 1.165) is 59.0 Å². The second kappa shape index (κ2) is 16.0. The number of methoxy groups -OCH3 is 1. The summed E-state index contributed by atoms with van der Waals surface area (Å²) >= 11 is 0. The van der Waals surface area contributed by atoms with Gasteiger partial charge in [-0.2, -0.15) is 17.8 Å². The average Bonchev–Trinajstić information content (AvgIpc) is 3.72. The molecule has 0 atom stereocenters. The molecule has 302 valence electrons. The van der Waals surface area contributed by atoms with Crippen molar-refractivity contribution in [3.05, 3.63) is 70.5 Å². The number of hydrogen-bond donors (Lipinski definition) is 1. The lowest BCUT2D eigenvalue weighted by molar-refractivity contribution is 0.0570. The molecule has 3 amide bonds. The first-order chi connectivity index (χ1) is 27.6. The van der Waals surface area contributed by atoms with Gasteiger partial charge in [0.2, 0.25) is 0 Å². The first-order valence-corrected chi connectivity index (χ1v) is 21.2. The Labute approximate surface area is 332 Å². The number of nitrogens with one attached hydrogen (secondary N) is 1. The lowest BCUT2D eigenvalue weighted by Crippen LogP contribution is -2.50. The SMILES string of the molecule is CCOC(=O)N1CCN(C(=O)c2cnn(C)c2C2=Cc3cc(OC)ccc3-c3c(C4CCCCC4)c4ccc(C(=O)NS(=O)(=O)N5CCOCC5)cc4n3C2)CC1. The van der Waals surface area contributed by atoms with Crippen LogP contribution in [0.4, 0.5) is 4.79 Å². The molecule has 1 aliphatic carbocycles. The number of carbonyl (C=O) groups is 3. The molecule has 0 spiro atoms. The van der Waals surface area contributed by atoms with E-state index in [9.17, 15) is 22.8 Å². The zero-order valence-electron chi connectivity index (χ0n) is 32.7. The number of fused-ring (bicyclic) bond motifs is 5. The monoisotopic (exact) mass is 799 g/mol. The lowest BCUT2D eigenvalue weighted by atomic mass is 9.81. The largest absolute Gasteiger partial charge is 0.497 e. The summed E-state index contributed by atoms with van der Waals surface area (Å²) in [6.07, 6.45) is 8.79. The number of nitrogens with zero attached hydrogens (tertiary/aromatic N) is 6. The van der Waals surface area contributed by atoms with Crippen LogP contribution in [0, 0.1) is 0 Å². The van der Waals surface area contributed by atoms with Gasteiger partial charge in [-0.3, -0.25) is 14.3 Å². The van der Waals surface area contributed by atoms with Gasteiger partial charge < -0.3 is 28.6 Å². The van der Waals surface area contributed by atoms with Gasteiger partial charge in [0.25, 0.3) is 11.8 Å². The van der Waals surface area contributed by atoms with Gasteiger partial charge in [-0.25, -0.2) is 9.52 Å². The van der Waals surface area contributed by atoms with Crippen molar-refractivity contribution in [3.63, 3.8) is 0 Å². The second-order valence-electron chi connectivity index (χ2n) is 15.0. The number of allylic oxidation sites excluding steroid dienone is 1. The van der Waals surface area contributed by atoms with Crippen molar-refractivity contribution in [1.29, 1.82) is 0 Å². The first kappa shape index (κ1) is 38.7. The summed E-state index contributed by atoms with van der Waals surface area (Å²) in [4.78, 5) is 43.8. The number of aryl methyl sites for hydroxylation is 1. The smallest absolute Gasteiger partial charge is 0.409 e. The van der Waals surface area contributed by atoms with Crippen molar-refractivity contribution < 1.29 is 37.0 Å². The molecule has 2 aromatic heterocycles. The number of ether oxygens (including phenoxy) is 3. The fourth-order valence-corrected chi connectivity index (χ4v) is 9.92. The van der Waals surface area contributed by atoms with E-state index >= 15 is 0 Å². The molecule has 8 rings (SSSR count). The predicted molar refractivity (Wildman–Crippen MR) is 214 cm³/mol. The summed E-state index contributed by atoms with van der Waals surface area (Å²) in [7, 11) is -0.627. The molecule has 16 heteroatoms. The number of hydrogen-bond acceptors (Lipinski definition) is 9. The van der Waals surface area contributed by atoms with Gasteiger partial charge in [-0.15, -0.1) is 0 Å². The van der Waals surface area contributed by atoms with Crippen LogP contribution >= 0.6 is 0 Å². The minimum absolute atomic E-state index is 0.167. The standard InChI is InChI=1S/C41H49N7O8S/c1-4-56-41(51)46-16-14-45(15-17-46)40(50)34-25-42-44(2)37(34)30-22-29-23-31(54-3)11-13-32(29)38-36(27-8-6-5-7-9-27)33-12-10-28(24-35(33)48(38)26-30)39(49)43-57(52,53)47-18-20-55-21-19-47/h10-13,22-25,27H,4-9,14-21,26H2,1-3H3,(H,43,49). The van der Waals surface area contributed by atoms with E-state index in [0.29, 0.717) is 49.7 Å². The van der Waals surface area contributed by atoms with Gasteiger partial charge in [0, 0.05) is 68.3 Å². The molecule has 57 heavy (non-hydrogen) atoms. The Morgan fingerprint density at radius 1 is 0.930 bits per heavy atom. The van der Waals surface area contributed by atoms with Crippen molar-refractivity contribution in [2.45, 2.75) is 51.5 Å². The third-order valence-electron chi connectivity index (χ3n) is 11.6. The third kappa shape index (κ3) is 7.41. The van der Waals surface area contributed by atoms with Crippen LogP contribution in [0.15, 0.2) is 42.6 Å². The fourth-order valence-electron chi connectivity index (χ4n) is 8.81. The van der Waals surface area contributed by atoms with Crippen molar-refractivity contribution in [1.82, 2.24) is 33.2 Å². The van der Waals surface area contributed by atoms with Crippen molar-refractivity contribution in [2.75, 3.05) is 66.2 Å². The molecular weight excluding hydrogens is 751 g/mol. The highest BCUT2D eigenvalue weighted by molar-refractivity contribution is 7.87. The predicted octanol–water partition coefficient (Wildman–Crippen LogP) is 4.87. The van der Waals surface area contributed by atoms with Crippen molar-refractivity contribution in [2.24, 2.45) is 7.05 Å². The highest BCUT2D eigenvalue weighted by Gasteiger charge is 2.34. The Kier molecular flexibility index (Phi) is 10.8. The lowest BCUT2D eigenvalue weighted by Gasteiger charge is -2.34. The highest BCUT2D eigenvalue weighted by atomic mass is 32.2. The van der Waals surface area contributed by atoms with Crippen LogP contribution in [0.5, 0.6) is 5.75 Å². The first-order valence-electron chi connectivity index (χ1n) is 19.8.